The lowest BCUT2D eigenvalue weighted by atomic mass is 10.3. The van der Waals surface area contributed by atoms with Crippen molar-refractivity contribution in [3.8, 4) is 5.82 Å². The van der Waals surface area contributed by atoms with Crippen molar-refractivity contribution in [1.82, 2.24) is 14.5 Å². The molecule has 2 heterocycles. The number of hydrogen-bond acceptors (Lipinski definition) is 4. The molecule has 0 unspecified atom stereocenters. The van der Waals surface area contributed by atoms with Crippen molar-refractivity contribution in [3.05, 3.63) is 52.0 Å². The largest absolute Gasteiger partial charge is 0.304 e. The minimum atomic E-state index is -0.444. The number of aryl methyl sites for hydroxylation is 1. The van der Waals surface area contributed by atoms with E-state index in [2.05, 4.69) is 9.88 Å². The van der Waals surface area contributed by atoms with Crippen LogP contribution in [-0.4, -0.2) is 33.5 Å². The highest BCUT2D eigenvalue weighted by molar-refractivity contribution is 5.37. The number of nitro groups is 1. The second kappa shape index (κ2) is 5.19. The lowest BCUT2D eigenvalue weighted by molar-refractivity contribution is -0.385. The van der Waals surface area contributed by atoms with E-state index in [1.807, 2.05) is 37.7 Å². The van der Waals surface area contributed by atoms with E-state index in [1.54, 1.807) is 6.07 Å². The third-order valence-corrected chi connectivity index (χ3v) is 2.81. The molecule has 2 aromatic rings. The first-order chi connectivity index (χ1) is 8.99. The Bertz CT molecular complexity index is 587. The van der Waals surface area contributed by atoms with E-state index in [0.717, 1.165) is 17.9 Å². The maximum Gasteiger partial charge on any atom is 0.287 e. The standard InChI is InChI=1S/C13H16N4O2/c1-10-4-5-12(9-15(2)3)16(10)13-7-6-11(8-14-13)17(18)19/h4-8H,9H2,1-3H3. The van der Waals surface area contributed by atoms with Gasteiger partial charge in [0.15, 0.2) is 0 Å². The number of hydrogen-bond donors (Lipinski definition) is 0. The van der Waals surface area contributed by atoms with Crippen LogP contribution in [0.5, 0.6) is 0 Å². The molecule has 0 saturated carbocycles. The monoisotopic (exact) mass is 260 g/mol. The Hall–Kier alpha value is -2.21. The van der Waals surface area contributed by atoms with Crippen molar-refractivity contribution in [3.63, 3.8) is 0 Å². The van der Waals surface area contributed by atoms with Gasteiger partial charge in [-0.05, 0) is 39.2 Å². The van der Waals surface area contributed by atoms with Crippen molar-refractivity contribution in [2.75, 3.05) is 14.1 Å². The second-order valence-corrected chi connectivity index (χ2v) is 4.67. The summed E-state index contributed by atoms with van der Waals surface area (Å²) in [6.07, 6.45) is 1.29. The Labute approximate surface area is 111 Å². The summed E-state index contributed by atoms with van der Waals surface area (Å²) in [6.45, 7) is 2.77. The van der Waals surface area contributed by atoms with Gasteiger partial charge in [-0.3, -0.25) is 10.1 Å². The molecule has 0 bridgehead atoms. The van der Waals surface area contributed by atoms with Crippen molar-refractivity contribution in [1.29, 1.82) is 0 Å². The van der Waals surface area contributed by atoms with Crippen LogP contribution in [0, 0.1) is 17.0 Å². The quantitative estimate of drug-likeness (QED) is 0.624. The summed E-state index contributed by atoms with van der Waals surface area (Å²) in [5.74, 6) is 0.699. The molecule has 0 saturated heterocycles. The molecule has 0 fully saturated rings. The van der Waals surface area contributed by atoms with Gasteiger partial charge in [0.1, 0.15) is 12.0 Å². The van der Waals surface area contributed by atoms with Crippen LogP contribution in [0.25, 0.3) is 5.82 Å². The summed E-state index contributed by atoms with van der Waals surface area (Å²) in [5, 5.41) is 10.6. The Kier molecular flexibility index (Phi) is 3.62. The molecule has 0 amide bonds. The molecule has 0 aliphatic heterocycles. The molecule has 0 aromatic carbocycles. The fourth-order valence-corrected chi connectivity index (χ4v) is 1.99. The lowest BCUT2D eigenvalue weighted by Crippen LogP contribution is -2.15. The SMILES string of the molecule is Cc1ccc(CN(C)C)n1-c1ccc([N+](=O)[O-])cn1. The van der Waals surface area contributed by atoms with Gasteiger partial charge in [0, 0.05) is 24.0 Å². The van der Waals surface area contributed by atoms with Gasteiger partial charge in [0.25, 0.3) is 5.69 Å². The summed E-state index contributed by atoms with van der Waals surface area (Å²) in [7, 11) is 3.99. The summed E-state index contributed by atoms with van der Waals surface area (Å²) < 4.78 is 2.00. The summed E-state index contributed by atoms with van der Waals surface area (Å²) in [6, 6.07) is 7.20. The normalized spacial score (nSPS) is 10.9. The molecule has 0 radical (unpaired) electrons. The molecule has 19 heavy (non-hydrogen) atoms. The smallest absolute Gasteiger partial charge is 0.287 e. The molecule has 0 aliphatic rings. The van der Waals surface area contributed by atoms with E-state index in [4.69, 9.17) is 0 Å². The van der Waals surface area contributed by atoms with Gasteiger partial charge in [-0.1, -0.05) is 0 Å². The Balaban J connectivity index is 2.40. The van der Waals surface area contributed by atoms with Crippen LogP contribution < -0.4 is 0 Å². The number of nitrogens with zero attached hydrogens (tertiary/aromatic N) is 4. The summed E-state index contributed by atoms with van der Waals surface area (Å²) in [5.41, 5.74) is 2.16. The van der Waals surface area contributed by atoms with E-state index in [9.17, 15) is 10.1 Å². The van der Waals surface area contributed by atoms with Gasteiger partial charge in [0.2, 0.25) is 0 Å². The zero-order chi connectivity index (χ0) is 14.0. The van der Waals surface area contributed by atoms with Gasteiger partial charge in [0.05, 0.1) is 4.92 Å². The summed E-state index contributed by atoms with van der Waals surface area (Å²) >= 11 is 0. The highest BCUT2D eigenvalue weighted by atomic mass is 16.6. The third kappa shape index (κ3) is 2.79. The zero-order valence-corrected chi connectivity index (χ0v) is 11.2. The topological polar surface area (TPSA) is 64.2 Å². The fraction of sp³-hybridized carbons (Fsp3) is 0.308. The van der Waals surface area contributed by atoms with Crippen LogP contribution in [0.3, 0.4) is 0 Å². The van der Waals surface area contributed by atoms with Crippen molar-refractivity contribution in [2.45, 2.75) is 13.5 Å². The van der Waals surface area contributed by atoms with E-state index >= 15 is 0 Å². The van der Waals surface area contributed by atoms with E-state index in [0.29, 0.717) is 5.82 Å². The minimum absolute atomic E-state index is 0.00252. The minimum Gasteiger partial charge on any atom is -0.304 e. The summed E-state index contributed by atoms with van der Waals surface area (Å²) in [4.78, 5) is 16.4. The first kappa shape index (κ1) is 13.2. The van der Waals surface area contributed by atoms with Crippen molar-refractivity contribution >= 4 is 5.69 Å². The maximum atomic E-state index is 10.6. The first-order valence-electron chi connectivity index (χ1n) is 5.92. The molecule has 2 rings (SSSR count). The Morgan fingerprint density at radius 1 is 1.32 bits per heavy atom. The molecule has 6 nitrogen and oxygen atoms in total. The molecule has 0 N–H and O–H groups in total. The highest BCUT2D eigenvalue weighted by Crippen LogP contribution is 2.18. The lowest BCUT2D eigenvalue weighted by Gasteiger charge is -2.14. The maximum absolute atomic E-state index is 10.6. The highest BCUT2D eigenvalue weighted by Gasteiger charge is 2.11. The fourth-order valence-electron chi connectivity index (χ4n) is 1.99. The van der Waals surface area contributed by atoms with E-state index < -0.39 is 4.92 Å². The Morgan fingerprint density at radius 2 is 2.05 bits per heavy atom. The van der Waals surface area contributed by atoms with Crippen LogP contribution in [0.15, 0.2) is 30.5 Å². The van der Waals surface area contributed by atoms with E-state index in [-0.39, 0.29) is 5.69 Å². The molecule has 6 heteroatoms. The number of rotatable bonds is 4. The van der Waals surface area contributed by atoms with Crippen molar-refractivity contribution in [2.24, 2.45) is 0 Å². The van der Waals surface area contributed by atoms with Gasteiger partial charge in [-0.15, -0.1) is 0 Å². The first-order valence-corrected chi connectivity index (χ1v) is 5.92. The van der Waals surface area contributed by atoms with E-state index in [1.165, 1.54) is 12.3 Å². The van der Waals surface area contributed by atoms with Crippen LogP contribution in [-0.2, 0) is 6.54 Å². The zero-order valence-electron chi connectivity index (χ0n) is 11.2. The van der Waals surface area contributed by atoms with Gasteiger partial charge < -0.3 is 9.47 Å². The third-order valence-electron chi connectivity index (χ3n) is 2.81. The second-order valence-electron chi connectivity index (χ2n) is 4.67. The van der Waals surface area contributed by atoms with Crippen molar-refractivity contribution < 1.29 is 4.92 Å². The van der Waals surface area contributed by atoms with Crippen LogP contribution in [0.2, 0.25) is 0 Å². The predicted octanol–water partition coefficient (Wildman–Crippen LogP) is 2.15. The number of aromatic nitrogens is 2. The van der Waals surface area contributed by atoms with Crippen LogP contribution >= 0.6 is 0 Å². The van der Waals surface area contributed by atoms with Gasteiger partial charge in [-0.25, -0.2) is 4.98 Å². The Morgan fingerprint density at radius 3 is 2.58 bits per heavy atom. The van der Waals surface area contributed by atoms with Crippen LogP contribution in [0.1, 0.15) is 11.4 Å². The molecule has 100 valence electrons. The molecular weight excluding hydrogens is 244 g/mol. The predicted molar refractivity (Wildman–Crippen MR) is 72.3 cm³/mol. The molecule has 0 spiro atoms. The average molecular weight is 260 g/mol. The number of pyridine rings is 1. The van der Waals surface area contributed by atoms with Crippen LogP contribution in [0.4, 0.5) is 5.69 Å². The van der Waals surface area contributed by atoms with Gasteiger partial charge in [-0.2, -0.15) is 0 Å². The molecule has 0 atom stereocenters. The molecule has 2 aromatic heterocycles. The molecular formula is C13H16N4O2. The van der Waals surface area contributed by atoms with Gasteiger partial charge >= 0.3 is 0 Å². The molecule has 0 aliphatic carbocycles. The average Bonchev–Trinajstić information content (AvgIpc) is 2.70.